The molecule has 0 aliphatic rings. The quantitative estimate of drug-likeness (QED) is 0.912. The van der Waals surface area contributed by atoms with Gasteiger partial charge in [-0.1, -0.05) is 18.2 Å². The van der Waals surface area contributed by atoms with Crippen LogP contribution in [-0.2, 0) is 6.61 Å². The fourth-order valence-corrected chi connectivity index (χ4v) is 2.24. The number of methoxy groups -OCH3 is 1. The van der Waals surface area contributed by atoms with Crippen LogP contribution in [0.2, 0.25) is 0 Å². The van der Waals surface area contributed by atoms with Gasteiger partial charge in [-0.25, -0.2) is 0 Å². The predicted molar refractivity (Wildman–Crippen MR) is 80.0 cm³/mol. The minimum Gasteiger partial charge on any atom is -0.497 e. The smallest absolute Gasteiger partial charge is 0.249 e. The molecule has 0 radical (unpaired) electrons. The molecular formula is C15H14BrNO3. The summed E-state index contributed by atoms with van der Waals surface area (Å²) in [7, 11) is 1.60. The number of amides is 1. The number of primary amides is 1. The minimum absolute atomic E-state index is 0.268. The van der Waals surface area contributed by atoms with Crippen molar-refractivity contribution in [1.29, 1.82) is 0 Å². The lowest BCUT2D eigenvalue weighted by Gasteiger charge is -2.11. The number of nitrogens with two attached hydrogens (primary N) is 1. The van der Waals surface area contributed by atoms with Crippen LogP contribution in [0.1, 0.15) is 15.9 Å². The molecule has 0 aromatic heterocycles. The second-order valence-corrected chi connectivity index (χ2v) is 4.96. The van der Waals surface area contributed by atoms with E-state index in [1.54, 1.807) is 31.4 Å². The summed E-state index contributed by atoms with van der Waals surface area (Å²) >= 11 is 3.41. The van der Waals surface area contributed by atoms with Crippen molar-refractivity contribution < 1.29 is 14.3 Å². The first-order chi connectivity index (χ1) is 9.61. The van der Waals surface area contributed by atoms with Gasteiger partial charge in [-0.05, 0) is 40.2 Å². The topological polar surface area (TPSA) is 61.6 Å². The molecule has 0 unspecified atom stereocenters. The first-order valence-electron chi connectivity index (χ1n) is 5.96. The molecule has 0 saturated carbocycles. The van der Waals surface area contributed by atoms with Crippen LogP contribution in [0.4, 0.5) is 0 Å². The molecule has 0 fully saturated rings. The lowest BCUT2D eigenvalue weighted by atomic mass is 10.1. The van der Waals surface area contributed by atoms with Gasteiger partial charge in [0.1, 0.15) is 18.1 Å². The number of benzene rings is 2. The van der Waals surface area contributed by atoms with Crippen molar-refractivity contribution in [2.45, 2.75) is 6.61 Å². The van der Waals surface area contributed by atoms with Gasteiger partial charge in [0.05, 0.1) is 11.6 Å². The Labute approximate surface area is 125 Å². The van der Waals surface area contributed by atoms with Crippen molar-refractivity contribution >= 4 is 21.8 Å². The summed E-state index contributed by atoms with van der Waals surface area (Å²) in [6, 6.07) is 12.5. The number of ether oxygens (including phenoxy) is 2. The number of hydrogen-bond donors (Lipinski definition) is 1. The Morgan fingerprint density at radius 2 is 2.00 bits per heavy atom. The Morgan fingerprint density at radius 3 is 2.65 bits per heavy atom. The van der Waals surface area contributed by atoms with Crippen LogP contribution in [-0.4, -0.2) is 13.0 Å². The van der Waals surface area contributed by atoms with Crippen molar-refractivity contribution in [3.05, 3.63) is 58.1 Å². The molecule has 5 heteroatoms. The van der Waals surface area contributed by atoms with Gasteiger partial charge in [-0.2, -0.15) is 0 Å². The van der Waals surface area contributed by atoms with E-state index in [-0.39, 0.29) is 6.61 Å². The molecular weight excluding hydrogens is 322 g/mol. The molecule has 0 atom stereocenters. The number of carbonyl (C=O) groups excluding carboxylic acids is 1. The highest BCUT2D eigenvalue weighted by atomic mass is 79.9. The van der Waals surface area contributed by atoms with Crippen molar-refractivity contribution in [1.82, 2.24) is 0 Å². The molecule has 0 spiro atoms. The van der Waals surface area contributed by atoms with Gasteiger partial charge < -0.3 is 15.2 Å². The summed E-state index contributed by atoms with van der Waals surface area (Å²) in [6.45, 7) is 0.268. The van der Waals surface area contributed by atoms with Crippen LogP contribution >= 0.6 is 15.9 Å². The molecule has 20 heavy (non-hydrogen) atoms. The van der Waals surface area contributed by atoms with E-state index < -0.39 is 5.91 Å². The van der Waals surface area contributed by atoms with Crippen molar-refractivity contribution in [2.24, 2.45) is 5.73 Å². The van der Waals surface area contributed by atoms with E-state index in [4.69, 9.17) is 15.2 Å². The molecule has 4 nitrogen and oxygen atoms in total. The van der Waals surface area contributed by atoms with Gasteiger partial charge in [0.2, 0.25) is 5.91 Å². The normalized spacial score (nSPS) is 10.1. The third kappa shape index (κ3) is 3.30. The Hall–Kier alpha value is -2.01. The van der Waals surface area contributed by atoms with E-state index in [1.807, 2.05) is 18.2 Å². The maximum atomic E-state index is 11.3. The van der Waals surface area contributed by atoms with Crippen LogP contribution in [0, 0.1) is 0 Å². The average Bonchev–Trinajstić information content (AvgIpc) is 2.46. The highest BCUT2D eigenvalue weighted by molar-refractivity contribution is 9.10. The molecule has 0 saturated heterocycles. The number of hydrogen-bond acceptors (Lipinski definition) is 3. The Morgan fingerprint density at radius 1 is 1.25 bits per heavy atom. The molecule has 0 aliphatic carbocycles. The second kappa shape index (κ2) is 6.43. The lowest BCUT2D eigenvalue weighted by Crippen LogP contribution is -2.14. The maximum absolute atomic E-state index is 11.3. The Bertz CT molecular complexity index is 628. The zero-order valence-corrected chi connectivity index (χ0v) is 12.5. The van der Waals surface area contributed by atoms with Gasteiger partial charge >= 0.3 is 0 Å². The molecule has 2 rings (SSSR count). The summed E-state index contributed by atoms with van der Waals surface area (Å²) in [6.07, 6.45) is 0. The minimum atomic E-state index is -0.460. The molecule has 0 aliphatic heterocycles. The van der Waals surface area contributed by atoms with E-state index in [9.17, 15) is 4.79 Å². The summed E-state index contributed by atoms with van der Waals surface area (Å²) in [5.41, 5.74) is 6.55. The molecule has 104 valence electrons. The number of halogens is 1. The maximum Gasteiger partial charge on any atom is 0.249 e. The number of rotatable bonds is 5. The molecule has 0 heterocycles. The van der Waals surface area contributed by atoms with Crippen molar-refractivity contribution in [2.75, 3.05) is 7.11 Å². The fraction of sp³-hybridized carbons (Fsp3) is 0.133. The highest BCUT2D eigenvalue weighted by Crippen LogP contribution is 2.29. The van der Waals surface area contributed by atoms with E-state index >= 15 is 0 Å². The average molecular weight is 336 g/mol. The summed E-state index contributed by atoms with van der Waals surface area (Å²) in [5, 5.41) is 0. The summed E-state index contributed by atoms with van der Waals surface area (Å²) < 4.78 is 11.6. The molecule has 2 aromatic rings. The second-order valence-electron chi connectivity index (χ2n) is 4.11. The third-order valence-electron chi connectivity index (χ3n) is 2.81. The summed E-state index contributed by atoms with van der Waals surface area (Å²) in [5.74, 6) is 0.949. The van der Waals surface area contributed by atoms with E-state index in [1.165, 1.54) is 0 Å². The van der Waals surface area contributed by atoms with Crippen LogP contribution in [0.25, 0.3) is 0 Å². The molecule has 1 amide bonds. The SMILES string of the molecule is COc1ccc(OCc2ccccc2C(N)=O)c(Br)c1. The molecule has 0 bridgehead atoms. The van der Waals surface area contributed by atoms with Crippen molar-refractivity contribution in [3.63, 3.8) is 0 Å². The van der Waals surface area contributed by atoms with Crippen molar-refractivity contribution in [3.8, 4) is 11.5 Å². The zero-order chi connectivity index (χ0) is 14.5. The zero-order valence-electron chi connectivity index (χ0n) is 10.9. The van der Waals surface area contributed by atoms with Gasteiger partial charge in [-0.3, -0.25) is 4.79 Å². The standard InChI is InChI=1S/C15H14BrNO3/c1-19-11-6-7-14(13(16)8-11)20-9-10-4-2-3-5-12(10)15(17)18/h2-8H,9H2,1H3,(H2,17,18). The van der Waals surface area contributed by atoms with Gasteiger partial charge in [0.15, 0.2) is 0 Å². The Kier molecular flexibility index (Phi) is 4.63. The number of carbonyl (C=O) groups is 1. The molecule has 2 aromatic carbocycles. The molecule has 2 N–H and O–H groups in total. The third-order valence-corrected chi connectivity index (χ3v) is 3.42. The first kappa shape index (κ1) is 14.4. The monoisotopic (exact) mass is 335 g/mol. The largest absolute Gasteiger partial charge is 0.497 e. The van der Waals surface area contributed by atoms with E-state index in [2.05, 4.69) is 15.9 Å². The fourth-order valence-electron chi connectivity index (χ4n) is 1.77. The Balaban J connectivity index is 2.15. The van der Waals surface area contributed by atoms with Gasteiger partial charge in [-0.15, -0.1) is 0 Å². The van der Waals surface area contributed by atoms with Gasteiger partial charge in [0.25, 0.3) is 0 Å². The van der Waals surface area contributed by atoms with Gasteiger partial charge in [0, 0.05) is 11.1 Å². The summed E-state index contributed by atoms with van der Waals surface area (Å²) in [4.78, 5) is 11.3. The lowest BCUT2D eigenvalue weighted by molar-refractivity contribution is 0.0998. The van der Waals surface area contributed by atoms with Crippen LogP contribution in [0.3, 0.4) is 0 Å². The van der Waals surface area contributed by atoms with E-state index in [0.29, 0.717) is 11.3 Å². The van der Waals surface area contributed by atoms with Crippen LogP contribution < -0.4 is 15.2 Å². The predicted octanol–water partition coefficient (Wildman–Crippen LogP) is 3.14. The highest BCUT2D eigenvalue weighted by Gasteiger charge is 2.09. The van der Waals surface area contributed by atoms with Crippen LogP contribution in [0.15, 0.2) is 46.9 Å². The van der Waals surface area contributed by atoms with Crippen LogP contribution in [0.5, 0.6) is 11.5 Å². The van der Waals surface area contributed by atoms with E-state index in [0.717, 1.165) is 15.8 Å². The first-order valence-corrected chi connectivity index (χ1v) is 6.75.